The van der Waals surface area contributed by atoms with Gasteiger partial charge in [-0.1, -0.05) is 236 Å². The smallest absolute Gasteiger partial charge is 0.115 e. The minimum absolute atomic E-state index is 0.0839. The van der Waals surface area contributed by atoms with Gasteiger partial charge in [-0.3, -0.25) is 0 Å². The Morgan fingerprint density at radius 1 is 0.212 bits per heavy atom. The molecule has 0 fully saturated rings. The fourth-order valence-corrected chi connectivity index (χ4v) is 15.1. The van der Waals surface area contributed by atoms with E-state index in [1.54, 1.807) is 12.1 Å². The second kappa shape index (κ2) is 16.6. The Morgan fingerprint density at radius 3 is 0.762 bits per heavy atom. The third-order valence-electron chi connectivity index (χ3n) is 19.2. The highest BCUT2D eigenvalue weighted by Gasteiger charge is 2.39. The average molecular weight is 1020 g/mol. The lowest BCUT2D eigenvalue weighted by molar-refractivity contribution is 0.475. The molecule has 0 aromatic heterocycles. The van der Waals surface area contributed by atoms with Crippen molar-refractivity contribution in [2.45, 2.75) is 57.8 Å². The molecule has 1 N–H and O–H groups in total. The average Bonchev–Trinajstić information content (AvgIpc) is 4.15. The lowest BCUT2D eigenvalue weighted by Crippen LogP contribution is -2.15. The standard InChI is InChI=1S/C79H58O/c1-77(2)67-26-16-15-17-53(67)54-38-31-49(43-70(54)77)75-63-22-11-13-24-65(63)76(66-25-14-12-23-64(66)75)51-33-40-58-56-37-30-48(42-69(56)79(5,6)72(58)45-51)47-29-36-55-57-39-32-50(44-71(57)78(3,4)68(55)41-47)74-61-20-9-7-18-59(61)73(46-27-34-52(80)35-28-46)60-19-8-10-21-62(60)74/h7-45,80H,1-6H3. The first-order chi connectivity index (χ1) is 38.9. The van der Waals surface area contributed by atoms with Crippen LogP contribution in [0.2, 0.25) is 0 Å². The van der Waals surface area contributed by atoms with Crippen molar-refractivity contribution in [1.29, 1.82) is 0 Å². The maximum atomic E-state index is 10.2. The number of phenolic OH excluding ortho intramolecular Hbond substituents is 1. The van der Waals surface area contributed by atoms with Crippen LogP contribution in [0.5, 0.6) is 5.75 Å². The summed E-state index contributed by atoms with van der Waals surface area (Å²) in [4.78, 5) is 0. The van der Waals surface area contributed by atoms with E-state index < -0.39 is 0 Å². The molecule has 0 bridgehead atoms. The summed E-state index contributed by atoms with van der Waals surface area (Å²) in [5.74, 6) is 0.272. The second-order valence-electron chi connectivity index (χ2n) is 24.5. The van der Waals surface area contributed by atoms with Crippen LogP contribution in [0.15, 0.2) is 237 Å². The Kier molecular flexibility index (Phi) is 9.71. The fourth-order valence-electron chi connectivity index (χ4n) is 15.1. The molecule has 0 atom stereocenters. The van der Waals surface area contributed by atoms with Crippen LogP contribution in [0, 0.1) is 0 Å². The highest BCUT2D eigenvalue weighted by Crippen LogP contribution is 2.56. The van der Waals surface area contributed by atoms with Gasteiger partial charge >= 0.3 is 0 Å². The maximum Gasteiger partial charge on any atom is 0.115 e. The van der Waals surface area contributed by atoms with Gasteiger partial charge in [0.05, 0.1) is 0 Å². The van der Waals surface area contributed by atoms with Crippen LogP contribution < -0.4 is 0 Å². The molecule has 0 radical (unpaired) electrons. The minimum Gasteiger partial charge on any atom is -0.508 e. The third-order valence-corrected chi connectivity index (χ3v) is 19.2. The van der Waals surface area contributed by atoms with Crippen molar-refractivity contribution in [3.63, 3.8) is 0 Å². The molecule has 3 aliphatic rings. The van der Waals surface area contributed by atoms with Crippen molar-refractivity contribution in [1.82, 2.24) is 0 Å². The van der Waals surface area contributed by atoms with Crippen LogP contribution in [0.3, 0.4) is 0 Å². The van der Waals surface area contributed by atoms with Crippen LogP contribution in [0.25, 0.3) is 132 Å². The molecule has 0 heterocycles. The number of aromatic hydroxyl groups is 1. The Balaban J connectivity index is 0.758. The van der Waals surface area contributed by atoms with E-state index in [0.29, 0.717) is 0 Å². The Hall–Kier alpha value is -9.30. The van der Waals surface area contributed by atoms with Gasteiger partial charge in [0.2, 0.25) is 0 Å². The molecule has 0 unspecified atom stereocenters. The van der Waals surface area contributed by atoms with Gasteiger partial charge in [0, 0.05) is 16.2 Å². The largest absolute Gasteiger partial charge is 0.508 e. The first-order valence-corrected chi connectivity index (χ1v) is 28.4. The van der Waals surface area contributed by atoms with E-state index in [2.05, 4.69) is 254 Å². The zero-order chi connectivity index (χ0) is 54.0. The molecule has 1 heteroatoms. The number of phenols is 1. The molecular weight excluding hydrogens is 965 g/mol. The van der Waals surface area contributed by atoms with Gasteiger partial charge < -0.3 is 5.11 Å². The van der Waals surface area contributed by atoms with Gasteiger partial charge in [0.25, 0.3) is 0 Å². The highest BCUT2D eigenvalue weighted by molar-refractivity contribution is 6.23. The molecule has 80 heavy (non-hydrogen) atoms. The molecular formula is C79H58O. The van der Waals surface area contributed by atoms with Gasteiger partial charge in [0.1, 0.15) is 5.75 Å². The number of hydrogen-bond acceptors (Lipinski definition) is 1. The Bertz CT molecular complexity index is 4730. The molecule has 380 valence electrons. The van der Waals surface area contributed by atoms with Crippen LogP contribution in [-0.4, -0.2) is 5.11 Å². The first-order valence-electron chi connectivity index (χ1n) is 28.4. The molecule has 16 rings (SSSR count). The number of fused-ring (bicyclic) bond motifs is 13. The lowest BCUT2D eigenvalue weighted by Gasteiger charge is -2.24. The monoisotopic (exact) mass is 1020 g/mol. The molecule has 1 nitrogen and oxygen atoms in total. The van der Waals surface area contributed by atoms with Crippen molar-refractivity contribution in [2.24, 2.45) is 0 Å². The van der Waals surface area contributed by atoms with Gasteiger partial charge in [-0.15, -0.1) is 0 Å². The molecule has 3 aliphatic carbocycles. The van der Waals surface area contributed by atoms with Crippen molar-refractivity contribution >= 4 is 43.1 Å². The molecule has 0 spiro atoms. The summed E-state index contributed by atoms with van der Waals surface area (Å²) in [6.07, 6.45) is 0. The molecule has 0 amide bonds. The molecule has 0 aliphatic heterocycles. The second-order valence-corrected chi connectivity index (χ2v) is 24.5. The van der Waals surface area contributed by atoms with E-state index in [0.717, 1.165) is 5.56 Å². The van der Waals surface area contributed by atoms with Crippen LogP contribution in [0.1, 0.15) is 74.9 Å². The summed E-state index contributed by atoms with van der Waals surface area (Å²) in [6.45, 7) is 14.4. The quantitative estimate of drug-likeness (QED) is 0.170. The summed E-state index contributed by atoms with van der Waals surface area (Å²) in [6, 6.07) is 88.5. The minimum atomic E-state index is -0.228. The normalized spacial score (nSPS) is 14.7. The summed E-state index contributed by atoms with van der Waals surface area (Å²) >= 11 is 0. The van der Waals surface area contributed by atoms with Gasteiger partial charge in [-0.25, -0.2) is 0 Å². The van der Waals surface area contributed by atoms with E-state index in [9.17, 15) is 5.11 Å². The summed E-state index contributed by atoms with van der Waals surface area (Å²) in [7, 11) is 0. The Morgan fingerprint density at radius 2 is 0.438 bits per heavy atom. The fraction of sp³-hybridized carbons (Fsp3) is 0.114. The van der Waals surface area contributed by atoms with Gasteiger partial charge in [0.15, 0.2) is 0 Å². The van der Waals surface area contributed by atoms with Crippen molar-refractivity contribution in [3.05, 3.63) is 270 Å². The first kappa shape index (κ1) is 46.8. The number of hydrogen-bond donors (Lipinski definition) is 1. The number of benzene rings is 13. The molecule has 0 saturated heterocycles. The zero-order valence-electron chi connectivity index (χ0n) is 46.0. The van der Waals surface area contributed by atoms with E-state index in [1.807, 2.05) is 12.1 Å². The molecule has 13 aromatic rings. The predicted molar refractivity (Wildman–Crippen MR) is 338 cm³/mol. The number of rotatable bonds is 5. The Labute approximate surface area is 468 Å². The lowest BCUT2D eigenvalue weighted by atomic mass is 9.79. The highest BCUT2D eigenvalue weighted by atomic mass is 16.3. The van der Waals surface area contributed by atoms with Crippen LogP contribution in [0.4, 0.5) is 0 Å². The van der Waals surface area contributed by atoms with Gasteiger partial charge in [-0.05, 0) is 208 Å². The summed E-state index contributed by atoms with van der Waals surface area (Å²) in [5.41, 5.74) is 28.1. The summed E-state index contributed by atoms with van der Waals surface area (Å²) < 4.78 is 0. The van der Waals surface area contributed by atoms with E-state index in [1.165, 1.54) is 160 Å². The van der Waals surface area contributed by atoms with E-state index in [-0.39, 0.29) is 22.0 Å². The topological polar surface area (TPSA) is 20.2 Å². The SMILES string of the molecule is CC1(C)c2ccccc2-c2ccc(-c3c4ccccc4c(-c4ccc5c(c4)C(C)(C)c4cc(-c6ccc7c(c6)C(C)(C)c6cc(-c8c9ccccc9c(-c9ccc(O)cc9)c9ccccc89)ccc6-7)ccc4-5)c4ccccc34)cc21. The van der Waals surface area contributed by atoms with Crippen LogP contribution in [-0.2, 0) is 16.2 Å². The summed E-state index contributed by atoms with van der Waals surface area (Å²) in [5, 5.41) is 20.2. The maximum absolute atomic E-state index is 10.2. The van der Waals surface area contributed by atoms with Crippen molar-refractivity contribution in [2.75, 3.05) is 0 Å². The van der Waals surface area contributed by atoms with E-state index in [4.69, 9.17) is 0 Å². The van der Waals surface area contributed by atoms with Crippen LogP contribution >= 0.6 is 0 Å². The van der Waals surface area contributed by atoms with E-state index >= 15 is 0 Å². The zero-order valence-corrected chi connectivity index (χ0v) is 46.0. The predicted octanol–water partition coefficient (Wildman–Crippen LogP) is 21.3. The van der Waals surface area contributed by atoms with Crippen molar-refractivity contribution < 1.29 is 5.11 Å². The van der Waals surface area contributed by atoms with Crippen molar-refractivity contribution in [3.8, 4) is 94.8 Å². The molecule has 13 aromatic carbocycles. The van der Waals surface area contributed by atoms with Gasteiger partial charge in [-0.2, -0.15) is 0 Å². The molecule has 0 saturated carbocycles. The third kappa shape index (κ3) is 6.46.